The first-order valence-electron chi connectivity index (χ1n) is 6.81. The van der Waals surface area contributed by atoms with Crippen LogP contribution in [0.15, 0.2) is 18.2 Å². The van der Waals surface area contributed by atoms with E-state index in [9.17, 15) is 14.9 Å². The maximum atomic E-state index is 11.0. The van der Waals surface area contributed by atoms with Crippen LogP contribution in [0.4, 0.5) is 11.4 Å². The average molecular weight is 294 g/mol. The van der Waals surface area contributed by atoms with E-state index in [4.69, 9.17) is 9.84 Å². The maximum absolute atomic E-state index is 11.0. The zero-order valence-corrected chi connectivity index (χ0v) is 12.0. The summed E-state index contributed by atoms with van der Waals surface area (Å²) in [7, 11) is 0. The number of anilines is 1. The second-order valence-corrected chi connectivity index (χ2v) is 5.36. The summed E-state index contributed by atoms with van der Waals surface area (Å²) in [5.74, 6) is -0.579. The summed E-state index contributed by atoms with van der Waals surface area (Å²) in [6, 6.07) is 4.55. The van der Waals surface area contributed by atoms with Gasteiger partial charge in [0, 0.05) is 23.9 Å². The average Bonchev–Trinajstić information content (AvgIpc) is 3.18. The van der Waals surface area contributed by atoms with Crippen molar-refractivity contribution in [3.8, 4) is 5.75 Å². The highest BCUT2D eigenvalue weighted by Crippen LogP contribution is 2.35. The maximum Gasteiger partial charge on any atom is 0.323 e. The fourth-order valence-electron chi connectivity index (χ4n) is 2.14. The quantitative estimate of drug-likeness (QED) is 0.613. The molecule has 114 valence electrons. The van der Waals surface area contributed by atoms with Gasteiger partial charge >= 0.3 is 5.97 Å². The Balaban J connectivity index is 2.37. The monoisotopic (exact) mass is 294 g/mol. The summed E-state index contributed by atoms with van der Waals surface area (Å²) >= 11 is 0. The van der Waals surface area contributed by atoms with Crippen LogP contribution in [0.5, 0.6) is 5.75 Å². The molecule has 1 saturated carbocycles. The fourth-order valence-corrected chi connectivity index (χ4v) is 2.14. The van der Waals surface area contributed by atoms with Gasteiger partial charge in [-0.3, -0.25) is 14.9 Å². The van der Waals surface area contributed by atoms with Crippen LogP contribution in [0.1, 0.15) is 26.7 Å². The Morgan fingerprint density at radius 2 is 2.14 bits per heavy atom. The normalized spacial score (nSPS) is 14.0. The largest absolute Gasteiger partial charge is 0.491 e. The minimum absolute atomic E-state index is 0.0980. The minimum atomic E-state index is -0.959. The van der Waals surface area contributed by atoms with E-state index in [0.29, 0.717) is 11.4 Å². The Hall–Kier alpha value is -2.31. The third kappa shape index (κ3) is 4.08. The Morgan fingerprint density at radius 3 is 2.62 bits per heavy atom. The molecule has 0 spiro atoms. The van der Waals surface area contributed by atoms with Crippen molar-refractivity contribution in [2.75, 3.05) is 11.4 Å². The van der Waals surface area contributed by atoms with Gasteiger partial charge in [0.05, 0.1) is 17.1 Å². The molecule has 1 aliphatic carbocycles. The van der Waals surface area contributed by atoms with Gasteiger partial charge in [-0.1, -0.05) is 0 Å². The molecule has 21 heavy (non-hydrogen) atoms. The third-order valence-corrected chi connectivity index (χ3v) is 3.08. The highest BCUT2D eigenvalue weighted by molar-refractivity contribution is 5.75. The van der Waals surface area contributed by atoms with Crippen molar-refractivity contribution < 1.29 is 19.6 Å². The van der Waals surface area contributed by atoms with E-state index in [1.54, 1.807) is 11.0 Å². The predicted octanol–water partition coefficient (Wildman–Crippen LogP) is 2.44. The number of hydrogen-bond acceptors (Lipinski definition) is 5. The van der Waals surface area contributed by atoms with E-state index in [-0.39, 0.29) is 24.4 Å². The number of nitrogens with zero attached hydrogens (tertiary/aromatic N) is 2. The van der Waals surface area contributed by atoms with Gasteiger partial charge in [0.1, 0.15) is 12.3 Å². The number of carboxylic acids is 1. The first kappa shape index (κ1) is 15.1. The Morgan fingerprint density at radius 1 is 1.48 bits per heavy atom. The summed E-state index contributed by atoms with van der Waals surface area (Å²) in [5.41, 5.74) is 0.420. The molecule has 0 heterocycles. The number of ether oxygens (including phenoxy) is 1. The number of nitro groups is 1. The number of carboxylic acid groups (broad SMARTS) is 1. The number of hydrogen-bond donors (Lipinski definition) is 1. The molecule has 1 N–H and O–H groups in total. The van der Waals surface area contributed by atoms with Crippen LogP contribution in [-0.2, 0) is 4.79 Å². The molecule has 7 heteroatoms. The van der Waals surface area contributed by atoms with E-state index in [0.717, 1.165) is 12.8 Å². The molecule has 0 amide bonds. The molecule has 1 fully saturated rings. The van der Waals surface area contributed by atoms with E-state index in [2.05, 4.69) is 0 Å². The van der Waals surface area contributed by atoms with E-state index in [1.807, 2.05) is 13.8 Å². The highest BCUT2D eigenvalue weighted by Gasteiger charge is 2.31. The van der Waals surface area contributed by atoms with Gasteiger partial charge < -0.3 is 14.7 Å². The van der Waals surface area contributed by atoms with Crippen LogP contribution in [0.2, 0.25) is 0 Å². The van der Waals surface area contributed by atoms with Crippen LogP contribution in [0, 0.1) is 10.1 Å². The lowest BCUT2D eigenvalue weighted by molar-refractivity contribution is -0.384. The van der Waals surface area contributed by atoms with Crippen molar-refractivity contribution in [1.82, 2.24) is 0 Å². The minimum Gasteiger partial charge on any atom is -0.491 e. The second kappa shape index (κ2) is 5.99. The summed E-state index contributed by atoms with van der Waals surface area (Å²) in [6.45, 7) is 3.48. The predicted molar refractivity (Wildman–Crippen MR) is 76.9 cm³/mol. The lowest BCUT2D eigenvalue weighted by atomic mass is 10.2. The fraction of sp³-hybridized carbons (Fsp3) is 0.500. The van der Waals surface area contributed by atoms with Crippen molar-refractivity contribution in [3.63, 3.8) is 0 Å². The van der Waals surface area contributed by atoms with Gasteiger partial charge in [0.2, 0.25) is 0 Å². The van der Waals surface area contributed by atoms with Gasteiger partial charge in [0.15, 0.2) is 0 Å². The number of nitro benzene ring substituents is 1. The molecule has 1 aliphatic rings. The Bertz CT molecular complexity index is 554. The molecule has 1 aromatic carbocycles. The van der Waals surface area contributed by atoms with E-state index < -0.39 is 10.9 Å². The molecule has 7 nitrogen and oxygen atoms in total. The van der Waals surface area contributed by atoms with Crippen molar-refractivity contribution in [3.05, 3.63) is 28.3 Å². The topological polar surface area (TPSA) is 92.9 Å². The van der Waals surface area contributed by atoms with Gasteiger partial charge in [-0.2, -0.15) is 0 Å². The van der Waals surface area contributed by atoms with Crippen LogP contribution in [-0.4, -0.2) is 34.7 Å². The molecule has 0 bridgehead atoms. The molecule has 2 rings (SSSR count). The summed E-state index contributed by atoms with van der Waals surface area (Å²) in [5, 5.41) is 20.0. The molecule has 1 aromatic rings. The lowest BCUT2D eigenvalue weighted by Gasteiger charge is -2.23. The molecular weight excluding hydrogens is 276 g/mol. The first-order valence-corrected chi connectivity index (χ1v) is 6.81. The molecule has 0 aromatic heterocycles. The van der Waals surface area contributed by atoms with Gasteiger partial charge in [-0.25, -0.2) is 0 Å². The molecule has 0 atom stereocenters. The number of aliphatic carboxylic acids is 1. The highest BCUT2D eigenvalue weighted by atomic mass is 16.6. The summed E-state index contributed by atoms with van der Waals surface area (Å²) in [6.07, 6.45) is 1.68. The standard InChI is InChI=1S/C14H18N2O5/c1-9(2)21-13-6-11(5-12(7-13)16(19)20)15(8-14(17)18)10-3-4-10/h5-7,9-10H,3-4,8H2,1-2H3,(H,17,18). The number of benzene rings is 1. The van der Waals surface area contributed by atoms with Crippen molar-refractivity contribution in [2.45, 2.75) is 38.8 Å². The smallest absolute Gasteiger partial charge is 0.323 e. The van der Waals surface area contributed by atoms with Gasteiger partial charge in [-0.15, -0.1) is 0 Å². The molecule has 0 aliphatic heterocycles. The first-order chi connectivity index (χ1) is 9.86. The zero-order chi connectivity index (χ0) is 15.6. The van der Waals surface area contributed by atoms with E-state index in [1.165, 1.54) is 12.1 Å². The van der Waals surface area contributed by atoms with Crippen molar-refractivity contribution in [1.29, 1.82) is 0 Å². The van der Waals surface area contributed by atoms with Crippen LogP contribution < -0.4 is 9.64 Å². The SMILES string of the molecule is CC(C)Oc1cc(N(CC(=O)O)C2CC2)cc([N+](=O)[O-])c1. The van der Waals surface area contributed by atoms with Gasteiger partial charge in [-0.05, 0) is 26.7 Å². The number of carbonyl (C=O) groups is 1. The summed E-state index contributed by atoms with van der Waals surface area (Å²) in [4.78, 5) is 23.2. The van der Waals surface area contributed by atoms with Crippen LogP contribution in [0.3, 0.4) is 0 Å². The number of rotatable bonds is 7. The molecule has 0 saturated heterocycles. The molecule has 0 radical (unpaired) electrons. The third-order valence-electron chi connectivity index (χ3n) is 3.08. The Kier molecular flexibility index (Phi) is 4.30. The van der Waals surface area contributed by atoms with Crippen LogP contribution >= 0.6 is 0 Å². The second-order valence-electron chi connectivity index (χ2n) is 5.36. The molecular formula is C14H18N2O5. The summed E-state index contributed by atoms with van der Waals surface area (Å²) < 4.78 is 5.52. The van der Waals surface area contributed by atoms with E-state index >= 15 is 0 Å². The van der Waals surface area contributed by atoms with Crippen molar-refractivity contribution in [2.24, 2.45) is 0 Å². The molecule has 0 unspecified atom stereocenters. The van der Waals surface area contributed by atoms with Gasteiger partial charge in [0.25, 0.3) is 5.69 Å². The van der Waals surface area contributed by atoms with Crippen molar-refractivity contribution >= 4 is 17.3 Å². The number of non-ortho nitro benzene ring substituents is 1. The Labute approximate surface area is 122 Å². The zero-order valence-electron chi connectivity index (χ0n) is 12.0. The van der Waals surface area contributed by atoms with Crippen LogP contribution in [0.25, 0.3) is 0 Å². The lowest BCUT2D eigenvalue weighted by Crippen LogP contribution is -2.31.